The van der Waals surface area contributed by atoms with Crippen LogP contribution in [0.3, 0.4) is 0 Å². The van der Waals surface area contributed by atoms with Gasteiger partial charge in [0.15, 0.2) is 0 Å². The lowest BCUT2D eigenvalue weighted by atomic mass is 9.81. The van der Waals surface area contributed by atoms with Crippen LogP contribution in [0.25, 0.3) is 0 Å². The highest BCUT2D eigenvalue weighted by molar-refractivity contribution is 6.32. The van der Waals surface area contributed by atoms with Gasteiger partial charge in [0, 0.05) is 25.7 Å². The van der Waals surface area contributed by atoms with Crippen LogP contribution < -0.4 is 0 Å². The van der Waals surface area contributed by atoms with Gasteiger partial charge < -0.3 is 5.11 Å². The number of likely N-dealkylation sites (tertiary alicyclic amines) is 1. The summed E-state index contributed by atoms with van der Waals surface area (Å²) in [5, 5.41) is 20.5. The third-order valence-corrected chi connectivity index (χ3v) is 5.28. The van der Waals surface area contributed by atoms with E-state index in [4.69, 9.17) is 11.6 Å². The normalized spacial score (nSPS) is 27.8. The number of nitro benzene ring substituents is 1. The molecule has 6 nitrogen and oxygen atoms in total. The molecule has 1 aromatic carbocycles. The summed E-state index contributed by atoms with van der Waals surface area (Å²) in [6.07, 6.45) is 2.68. The quantitative estimate of drug-likeness (QED) is 0.680. The molecule has 1 aliphatic carbocycles. The van der Waals surface area contributed by atoms with Crippen molar-refractivity contribution in [1.29, 1.82) is 0 Å². The van der Waals surface area contributed by atoms with E-state index in [2.05, 4.69) is 4.90 Å². The fourth-order valence-electron chi connectivity index (χ4n) is 3.92. The van der Waals surface area contributed by atoms with Gasteiger partial charge in [0.25, 0.3) is 5.69 Å². The van der Waals surface area contributed by atoms with Crippen LogP contribution in [0, 0.1) is 21.4 Å². The first-order valence-corrected chi connectivity index (χ1v) is 7.69. The molecular formula is C15H17ClN2O4. The number of benzene rings is 1. The molecule has 118 valence electrons. The SMILES string of the molecule is O=C(O)[C@@]12CCC[C@H]1CN(Cc1ccc([N+](=O)[O-])c(Cl)c1)C2. The summed E-state index contributed by atoms with van der Waals surface area (Å²) in [4.78, 5) is 24.0. The number of nitrogens with zero attached hydrogens (tertiary/aromatic N) is 2. The van der Waals surface area contributed by atoms with E-state index in [1.54, 1.807) is 12.1 Å². The molecule has 1 saturated heterocycles. The number of nitro groups is 1. The van der Waals surface area contributed by atoms with Crippen molar-refractivity contribution in [2.24, 2.45) is 11.3 Å². The first-order chi connectivity index (χ1) is 10.4. The monoisotopic (exact) mass is 324 g/mol. The standard InChI is InChI=1S/C15H17ClN2O4/c16-12-6-10(3-4-13(12)18(21)22)7-17-8-11-2-1-5-15(11,9-17)14(19)20/h3-4,6,11H,1-2,5,7-9H2,(H,19,20)/t11-,15+/m0/s1. The third kappa shape index (κ3) is 2.46. The molecule has 2 fully saturated rings. The summed E-state index contributed by atoms with van der Waals surface area (Å²) in [7, 11) is 0. The van der Waals surface area contributed by atoms with Crippen molar-refractivity contribution >= 4 is 23.3 Å². The van der Waals surface area contributed by atoms with Gasteiger partial charge in [-0.2, -0.15) is 0 Å². The molecule has 1 aliphatic heterocycles. The second kappa shape index (κ2) is 5.52. The van der Waals surface area contributed by atoms with Gasteiger partial charge in [-0.3, -0.25) is 19.8 Å². The minimum Gasteiger partial charge on any atom is -0.481 e. The smallest absolute Gasteiger partial charge is 0.311 e. The number of hydrogen-bond donors (Lipinski definition) is 1. The van der Waals surface area contributed by atoms with Gasteiger partial charge in [-0.1, -0.05) is 24.1 Å². The molecule has 0 radical (unpaired) electrons. The van der Waals surface area contributed by atoms with Crippen LogP contribution in [-0.4, -0.2) is 34.0 Å². The Hall–Kier alpha value is -1.66. The van der Waals surface area contributed by atoms with Gasteiger partial charge in [0.05, 0.1) is 10.3 Å². The summed E-state index contributed by atoms with van der Waals surface area (Å²) >= 11 is 5.93. The van der Waals surface area contributed by atoms with E-state index in [0.29, 0.717) is 13.1 Å². The molecule has 0 amide bonds. The number of carboxylic acids is 1. The first-order valence-electron chi connectivity index (χ1n) is 7.31. The topological polar surface area (TPSA) is 83.7 Å². The van der Waals surface area contributed by atoms with Crippen molar-refractivity contribution in [2.75, 3.05) is 13.1 Å². The average molecular weight is 325 g/mol. The van der Waals surface area contributed by atoms with E-state index in [1.807, 2.05) is 0 Å². The molecule has 1 N–H and O–H groups in total. The number of fused-ring (bicyclic) bond motifs is 1. The Kier molecular flexibility index (Phi) is 3.82. The van der Waals surface area contributed by atoms with Crippen molar-refractivity contribution in [2.45, 2.75) is 25.8 Å². The van der Waals surface area contributed by atoms with Gasteiger partial charge in [-0.15, -0.1) is 0 Å². The van der Waals surface area contributed by atoms with Crippen molar-refractivity contribution < 1.29 is 14.8 Å². The molecule has 3 rings (SSSR count). The predicted molar refractivity (Wildman–Crippen MR) is 80.8 cm³/mol. The number of carbonyl (C=O) groups is 1. The molecule has 2 aliphatic rings. The van der Waals surface area contributed by atoms with Crippen molar-refractivity contribution in [3.05, 3.63) is 38.9 Å². The fourth-order valence-corrected chi connectivity index (χ4v) is 4.19. The maximum Gasteiger partial charge on any atom is 0.311 e. The van der Waals surface area contributed by atoms with Gasteiger partial charge >= 0.3 is 5.97 Å². The van der Waals surface area contributed by atoms with E-state index >= 15 is 0 Å². The average Bonchev–Trinajstić information content (AvgIpc) is 2.95. The maximum absolute atomic E-state index is 11.7. The minimum atomic E-state index is -0.695. The van der Waals surface area contributed by atoms with E-state index in [0.717, 1.165) is 31.4 Å². The summed E-state index contributed by atoms with van der Waals surface area (Å²) < 4.78 is 0. The van der Waals surface area contributed by atoms with Gasteiger partial charge in [-0.25, -0.2) is 0 Å². The fraction of sp³-hybridized carbons (Fsp3) is 0.533. The second-order valence-corrected chi connectivity index (χ2v) is 6.67. The van der Waals surface area contributed by atoms with Crippen LogP contribution in [0.4, 0.5) is 5.69 Å². The summed E-state index contributed by atoms with van der Waals surface area (Å²) in [6, 6.07) is 4.69. The molecule has 22 heavy (non-hydrogen) atoms. The molecule has 0 aromatic heterocycles. The molecule has 0 bridgehead atoms. The Labute approximate surface area is 132 Å². The Morgan fingerprint density at radius 3 is 2.91 bits per heavy atom. The predicted octanol–water partition coefficient (Wildman–Crippen LogP) is 2.93. The zero-order chi connectivity index (χ0) is 15.9. The molecule has 2 atom stereocenters. The van der Waals surface area contributed by atoms with Crippen LogP contribution in [0.1, 0.15) is 24.8 Å². The Bertz CT molecular complexity index is 636. The molecule has 0 unspecified atom stereocenters. The number of carboxylic acid groups (broad SMARTS) is 1. The highest BCUT2D eigenvalue weighted by Crippen LogP contribution is 2.49. The molecule has 1 saturated carbocycles. The zero-order valence-electron chi connectivity index (χ0n) is 12.0. The number of halogens is 1. The van der Waals surface area contributed by atoms with E-state index in [1.165, 1.54) is 6.07 Å². The Morgan fingerprint density at radius 1 is 1.55 bits per heavy atom. The Balaban J connectivity index is 1.74. The lowest BCUT2D eigenvalue weighted by Gasteiger charge is -2.23. The van der Waals surface area contributed by atoms with E-state index in [-0.39, 0.29) is 16.6 Å². The van der Waals surface area contributed by atoms with Crippen LogP contribution in [0.2, 0.25) is 5.02 Å². The van der Waals surface area contributed by atoms with Gasteiger partial charge in [-0.05, 0) is 30.4 Å². The van der Waals surface area contributed by atoms with E-state index in [9.17, 15) is 20.0 Å². The number of rotatable bonds is 4. The molecule has 1 aromatic rings. The van der Waals surface area contributed by atoms with Crippen molar-refractivity contribution in [3.63, 3.8) is 0 Å². The third-order valence-electron chi connectivity index (χ3n) is 4.98. The van der Waals surface area contributed by atoms with Crippen molar-refractivity contribution in [1.82, 2.24) is 4.90 Å². The first kappa shape index (κ1) is 15.2. The summed E-state index contributed by atoms with van der Waals surface area (Å²) in [6.45, 7) is 1.88. The van der Waals surface area contributed by atoms with Crippen LogP contribution in [-0.2, 0) is 11.3 Å². The molecular weight excluding hydrogens is 308 g/mol. The highest BCUT2D eigenvalue weighted by Gasteiger charge is 2.54. The lowest BCUT2D eigenvalue weighted by Crippen LogP contribution is -2.35. The molecule has 0 spiro atoms. The summed E-state index contributed by atoms with van der Waals surface area (Å²) in [5.74, 6) is -0.488. The largest absolute Gasteiger partial charge is 0.481 e. The molecule has 1 heterocycles. The molecule has 7 heteroatoms. The zero-order valence-corrected chi connectivity index (χ0v) is 12.8. The van der Waals surface area contributed by atoms with Crippen LogP contribution >= 0.6 is 11.6 Å². The number of aliphatic carboxylic acids is 1. The van der Waals surface area contributed by atoms with Crippen LogP contribution in [0.5, 0.6) is 0 Å². The van der Waals surface area contributed by atoms with Gasteiger partial charge in [0.1, 0.15) is 5.02 Å². The van der Waals surface area contributed by atoms with Crippen LogP contribution in [0.15, 0.2) is 18.2 Å². The summed E-state index contributed by atoms with van der Waals surface area (Å²) in [5.41, 5.74) is 0.159. The lowest BCUT2D eigenvalue weighted by molar-refractivity contribution is -0.384. The van der Waals surface area contributed by atoms with E-state index < -0.39 is 16.3 Å². The highest BCUT2D eigenvalue weighted by atomic mass is 35.5. The second-order valence-electron chi connectivity index (χ2n) is 6.26. The van der Waals surface area contributed by atoms with Crippen molar-refractivity contribution in [3.8, 4) is 0 Å². The van der Waals surface area contributed by atoms with Gasteiger partial charge in [0.2, 0.25) is 0 Å². The Morgan fingerprint density at radius 2 is 2.32 bits per heavy atom. The number of hydrogen-bond acceptors (Lipinski definition) is 4. The minimum absolute atomic E-state index is 0.106. The maximum atomic E-state index is 11.7.